The van der Waals surface area contributed by atoms with Crippen LogP contribution in [0.5, 0.6) is 0 Å². The van der Waals surface area contributed by atoms with Crippen molar-refractivity contribution in [1.82, 2.24) is 0 Å². The average Bonchev–Trinajstić information content (AvgIpc) is 3.22. The Kier molecular flexibility index (Phi) is 5.54. The molecule has 182 valence electrons. The van der Waals surface area contributed by atoms with Crippen LogP contribution < -0.4 is 0 Å². The molecule has 1 heterocycles. The number of carbonyl (C=O) groups excluding carboxylic acids is 4. The fourth-order valence-electron chi connectivity index (χ4n) is 6.18. The highest BCUT2D eigenvalue weighted by atomic mass is 16.6. The van der Waals surface area contributed by atoms with Crippen molar-refractivity contribution in [1.29, 1.82) is 0 Å². The first-order valence-corrected chi connectivity index (χ1v) is 11.9. The smallest absolute Gasteiger partial charge is 0.356 e. The highest BCUT2D eigenvalue weighted by molar-refractivity contribution is 6.16. The second-order valence-corrected chi connectivity index (χ2v) is 10.3. The van der Waals surface area contributed by atoms with Gasteiger partial charge in [-0.15, -0.1) is 0 Å². The van der Waals surface area contributed by atoms with Crippen molar-refractivity contribution in [2.45, 2.75) is 72.3 Å². The number of rotatable bonds is 6. The maximum atomic E-state index is 13.9. The molecule has 7 heteroatoms. The van der Waals surface area contributed by atoms with E-state index < -0.39 is 51.5 Å². The molecule has 4 atom stereocenters. The Morgan fingerprint density at radius 1 is 1.03 bits per heavy atom. The minimum atomic E-state index is -1.54. The standard InChI is InChI=1S/C27H32O7/c1-7-26(22(30)32-8-2)18(17-12-10-9-11-13-17)16(3)19(20(26)28)33-23(31)27-15-14-25(6,21(29)34-27)24(27,4)5/h9-13,18H,7-8,14-15H2,1-6H3/t18-,25+,26+,27-/m1/s1. The maximum absolute atomic E-state index is 13.9. The van der Waals surface area contributed by atoms with E-state index in [1.54, 1.807) is 27.7 Å². The van der Waals surface area contributed by atoms with Crippen LogP contribution >= 0.6 is 0 Å². The SMILES string of the molecule is CCOC(=O)[C@]1(CC)C(=O)C(OC(=O)[C@@]23CC[C@@](C)(C(=O)O2)C3(C)C)=C(C)[C@@H]1c1ccccc1. The van der Waals surface area contributed by atoms with Crippen LogP contribution in [0.4, 0.5) is 0 Å². The lowest BCUT2D eigenvalue weighted by molar-refractivity contribution is -0.181. The first-order valence-electron chi connectivity index (χ1n) is 11.9. The molecule has 7 nitrogen and oxygen atoms in total. The Bertz CT molecular complexity index is 1100. The van der Waals surface area contributed by atoms with Crippen LogP contribution in [-0.4, -0.2) is 35.9 Å². The van der Waals surface area contributed by atoms with Crippen LogP contribution in [0.1, 0.15) is 72.3 Å². The van der Waals surface area contributed by atoms with Crippen LogP contribution in [0.15, 0.2) is 41.7 Å². The number of ether oxygens (including phenoxy) is 3. The molecule has 4 rings (SSSR count). The summed E-state index contributed by atoms with van der Waals surface area (Å²) in [7, 11) is 0. The predicted molar refractivity (Wildman–Crippen MR) is 122 cm³/mol. The number of allylic oxidation sites excluding steroid dienone is 2. The highest BCUT2D eigenvalue weighted by Crippen LogP contribution is 2.66. The molecule has 0 aromatic heterocycles. The summed E-state index contributed by atoms with van der Waals surface area (Å²) in [6.45, 7) is 10.7. The number of ketones is 1. The molecule has 1 aliphatic heterocycles. The largest absolute Gasteiger partial charge is 0.465 e. The predicted octanol–water partition coefficient (Wildman–Crippen LogP) is 4.25. The Labute approximate surface area is 199 Å². The Morgan fingerprint density at radius 2 is 1.68 bits per heavy atom. The van der Waals surface area contributed by atoms with Crippen molar-refractivity contribution in [3.63, 3.8) is 0 Å². The first-order chi connectivity index (χ1) is 15.9. The zero-order valence-electron chi connectivity index (χ0n) is 20.7. The summed E-state index contributed by atoms with van der Waals surface area (Å²) in [6, 6.07) is 9.21. The number of benzene rings is 1. The van der Waals surface area contributed by atoms with Crippen LogP contribution in [0.25, 0.3) is 0 Å². The topological polar surface area (TPSA) is 96.0 Å². The first kappa shape index (κ1) is 24.2. The van der Waals surface area contributed by atoms with Gasteiger partial charge in [0.15, 0.2) is 5.76 Å². The van der Waals surface area contributed by atoms with E-state index >= 15 is 0 Å². The number of Topliss-reactive ketones (excluding diaryl/α,β-unsaturated/α-hetero) is 1. The van der Waals surface area contributed by atoms with Gasteiger partial charge < -0.3 is 14.2 Å². The molecule has 0 radical (unpaired) electrons. The molecule has 2 fully saturated rings. The number of fused-ring (bicyclic) bond motifs is 2. The summed E-state index contributed by atoms with van der Waals surface area (Å²) in [4.78, 5) is 53.4. The molecule has 3 aliphatic rings. The molecule has 2 bridgehead atoms. The number of carbonyl (C=O) groups is 4. The van der Waals surface area contributed by atoms with Crippen molar-refractivity contribution >= 4 is 23.7 Å². The van der Waals surface area contributed by atoms with E-state index in [1.165, 1.54) is 0 Å². The van der Waals surface area contributed by atoms with E-state index in [0.717, 1.165) is 5.56 Å². The van der Waals surface area contributed by atoms with Gasteiger partial charge in [-0.25, -0.2) is 4.79 Å². The normalized spacial score (nSPS) is 33.8. The lowest BCUT2D eigenvalue weighted by Gasteiger charge is -2.34. The minimum Gasteiger partial charge on any atom is -0.465 e. The Balaban J connectivity index is 1.79. The minimum absolute atomic E-state index is 0.120. The van der Waals surface area contributed by atoms with Gasteiger partial charge in [0.05, 0.1) is 12.0 Å². The lowest BCUT2D eigenvalue weighted by atomic mass is 9.66. The molecule has 34 heavy (non-hydrogen) atoms. The summed E-state index contributed by atoms with van der Waals surface area (Å²) in [5.74, 6) is -3.21. The van der Waals surface area contributed by atoms with Crippen LogP contribution in [0.2, 0.25) is 0 Å². The second-order valence-electron chi connectivity index (χ2n) is 10.3. The number of hydrogen-bond acceptors (Lipinski definition) is 7. The Morgan fingerprint density at radius 3 is 2.18 bits per heavy atom. The summed E-state index contributed by atoms with van der Waals surface area (Å²) in [6.07, 6.45) is 0.987. The molecule has 0 unspecified atom stereocenters. The molecule has 1 aromatic carbocycles. The van der Waals surface area contributed by atoms with Crippen LogP contribution in [0.3, 0.4) is 0 Å². The van der Waals surface area contributed by atoms with E-state index in [9.17, 15) is 19.2 Å². The third kappa shape index (κ3) is 2.75. The van der Waals surface area contributed by atoms with Gasteiger partial charge in [0.1, 0.15) is 5.41 Å². The lowest BCUT2D eigenvalue weighted by Crippen LogP contribution is -2.49. The zero-order valence-corrected chi connectivity index (χ0v) is 20.7. The third-order valence-electron chi connectivity index (χ3n) is 8.83. The molecule has 1 saturated carbocycles. The molecular weight excluding hydrogens is 436 g/mol. The number of hydrogen-bond donors (Lipinski definition) is 0. The van der Waals surface area contributed by atoms with E-state index in [0.29, 0.717) is 18.4 Å². The molecule has 0 spiro atoms. The van der Waals surface area contributed by atoms with Crippen molar-refractivity contribution in [2.24, 2.45) is 16.2 Å². The molecule has 0 amide bonds. The quantitative estimate of drug-likeness (QED) is 0.350. The molecular formula is C27H32O7. The van der Waals surface area contributed by atoms with Gasteiger partial charge in [-0.3, -0.25) is 14.4 Å². The van der Waals surface area contributed by atoms with Crippen molar-refractivity contribution < 1.29 is 33.4 Å². The summed E-state index contributed by atoms with van der Waals surface area (Å²) >= 11 is 0. The van der Waals surface area contributed by atoms with Crippen LogP contribution in [0, 0.1) is 16.2 Å². The maximum Gasteiger partial charge on any atom is 0.356 e. The molecule has 1 saturated heterocycles. The van der Waals surface area contributed by atoms with Gasteiger partial charge in [0.25, 0.3) is 0 Å². The third-order valence-corrected chi connectivity index (χ3v) is 8.83. The van der Waals surface area contributed by atoms with E-state index in [-0.39, 0.29) is 18.8 Å². The molecule has 0 N–H and O–H groups in total. The van der Waals surface area contributed by atoms with E-state index in [1.807, 2.05) is 44.2 Å². The van der Waals surface area contributed by atoms with Crippen molar-refractivity contribution in [3.05, 3.63) is 47.2 Å². The summed E-state index contributed by atoms with van der Waals surface area (Å²) in [5.41, 5.74) is -3.39. The molecule has 1 aromatic rings. The van der Waals surface area contributed by atoms with E-state index in [2.05, 4.69) is 0 Å². The number of esters is 3. The summed E-state index contributed by atoms with van der Waals surface area (Å²) < 4.78 is 16.8. The van der Waals surface area contributed by atoms with Crippen molar-refractivity contribution in [2.75, 3.05) is 6.61 Å². The fraction of sp³-hybridized carbons (Fsp3) is 0.556. The van der Waals surface area contributed by atoms with Gasteiger partial charge in [-0.05, 0) is 51.2 Å². The Hall–Kier alpha value is -2.96. The van der Waals surface area contributed by atoms with Gasteiger partial charge in [0.2, 0.25) is 11.4 Å². The fourth-order valence-corrected chi connectivity index (χ4v) is 6.18. The summed E-state index contributed by atoms with van der Waals surface area (Å²) in [5, 5.41) is 0. The second kappa shape index (κ2) is 7.79. The van der Waals surface area contributed by atoms with Gasteiger partial charge in [0, 0.05) is 11.3 Å². The monoisotopic (exact) mass is 468 g/mol. The molecule has 2 aliphatic carbocycles. The van der Waals surface area contributed by atoms with Gasteiger partial charge >= 0.3 is 17.9 Å². The highest BCUT2D eigenvalue weighted by Gasteiger charge is 2.77. The van der Waals surface area contributed by atoms with Gasteiger partial charge in [-0.1, -0.05) is 51.1 Å². The van der Waals surface area contributed by atoms with E-state index in [4.69, 9.17) is 14.2 Å². The average molecular weight is 469 g/mol. The van der Waals surface area contributed by atoms with Gasteiger partial charge in [-0.2, -0.15) is 0 Å². The van der Waals surface area contributed by atoms with Crippen LogP contribution in [-0.2, 0) is 33.4 Å². The zero-order chi connectivity index (χ0) is 25.1. The van der Waals surface area contributed by atoms with Crippen molar-refractivity contribution in [3.8, 4) is 0 Å².